The van der Waals surface area contributed by atoms with Crippen LogP contribution in [0.15, 0.2) is 114 Å². The van der Waals surface area contributed by atoms with Gasteiger partial charge in [0.2, 0.25) is 0 Å². The second kappa shape index (κ2) is 154. The van der Waals surface area contributed by atoms with E-state index in [1.807, 2.05) is 34.6 Å². The quantitative estimate of drug-likeness (QED) is 0.353. The fourth-order valence-corrected chi connectivity index (χ4v) is 0. The van der Waals surface area contributed by atoms with Crippen molar-refractivity contribution in [3.8, 4) is 0 Å². The Hall–Kier alpha value is -2.34. The average molecular weight is 319 g/mol. The zero-order valence-corrected chi connectivity index (χ0v) is 16.6. The van der Waals surface area contributed by atoms with Gasteiger partial charge in [0.25, 0.3) is 0 Å². The van der Waals surface area contributed by atoms with Gasteiger partial charge in [-0.25, -0.2) is 0 Å². The Balaban J connectivity index is -0.0000000261. The molecule has 0 spiro atoms. The van der Waals surface area contributed by atoms with Crippen LogP contribution in [0.3, 0.4) is 0 Å². The van der Waals surface area contributed by atoms with Crippen LogP contribution in [0, 0.1) is 0 Å². The van der Waals surface area contributed by atoms with Crippen molar-refractivity contribution in [3.63, 3.8) is 0 Å². The molecule has 134 valence electrons. The Kier molecular flexibility index (Phi) is 287. The molecule has 0 aromatic carbocycles. The van der Waals surface area contributed by atoms with Crippen molar-refractivity contribution < 1.29 is 0 Å². The molecule has 0 fully saturated rings. The van der Waals surface area contributed by atoms with Gasteiger partial charge >= 0.3 is 0 Å². The van der Waals surface area contributed by atoms with Crippen molar-refractivity contribution in [2.75, 3.05) is 0 Å². The highest BCUT2D eigenvalue weighted by Crippen LogP contribution is 1.53. The zero-order valence-electron chi connectivity index (χ0n) is 16.6. The molecule has 0 N–H and O–H groups in total. The molecule has 23 heavy (non-hydrogen) atoms. The molecule has 0 unspecified atom stereocenters. The van der Waals surface area contributed by atoms with E-state index in [1.54, 1.807) is 54.7 Å². The fourth-order valence-electron chi connectivity index (χ4n) is 0. The van der Waals surface area contributed by atoms with E-state index >= 15 is 0 Å². The molecule has 0 saturated heterocycles. The highest BCUT2D eigenvalue weighted by atomic mass is 13.4. The summed E-state index contributed by atoms with van der Waals surface area (Å²) < 4.78 is 0. The lowest BCUT2D eigenvalue weighted by atomic mass is 10.6. The van der Waals surface area contributed by atoms with Crippen LogP contribution >= 0.6 is 0 Å². The summed E-state index contributed by atoms with van der Waals surface area (Å²) in [6, 6.07) is 0. The molecular formula is C23H42. The highest BCUT2D eigenvalue weighted by Gasteiger charge is 1.30. The number of allylic oxidation sites excluding steroid dienone is 9. The van der Waals surface area contributed by atoms with Crippen molar-refractivity contribution in [3.05, 3.63) is 114 Å². The maximum atomic E-state index is 3.36. The summed E-state index contributed by atoms with van der Waals surface area (Å²) in [5.41, 5.74) is 0. The first-order valence-corrected chi connectivity index (χ1v) is 7.23. The molecule has 0 nitrogen and oxygen atoms in total. The lowest BCUT2D eigenvalue weighted by molar-refractivity contribution is 1.80. The third-order valence-electron chi connectivity index (χ3n) is 0.333. The van der Waals surface area contributed by atoms with Crippen molar-refractivity contribution in [2.24, 2.45) is 0 Å². The van der Waals surface area contributed by atoms with Gasteiger partial charge in [-0.3, -0.25) is 0 Å². The molecule has 0 atom stereocenters. The Morgan fingerprint density at radius 1 is 0.304 bits per heavy atom. The van der Waals surface area contributed by atoms with Gasteiger partial charge < -0.3 is 0 Å². The third kappa shape index (κ3) is 53000. The van der Waals surface area contributed by atoms with Crippen LogP contribution in [-0.2, 0) is 0 Å². The van der Waals surface area contributed by atoms with Crippen LogP contribution in [-0.4, -0.2) is 0 Å². The van der Waals surface area contributed by atoms with E-state index in [9.17, 15) is 0 Å². The summed E-state index contributed by atoms with van der Waals surface area (Å²) in [6.07, 6.45) is 15.3. The second-order valence-electron chi connectivity index (χ2n) is 2.98. The monoisotopic (exact) mass is 318 g/mol. The topological polar surface area (TPSA) is 0 Å². The fraction of sp³-hybridized carbons (Fsp3) is 0.217. The summed E-state index contributed by atoms with van der Waals surface area (Å²) in [5, 5.41) is 0. The summed E-state index contributed by atoms with van der Waals surface area (Å²) in [7, 11) is 0. The Bertz CT molecular complexity index is 180. The van der Waals surface area contributed by atoms with E-state index in [0.717, 1.165) is 0 Å². The lowest BCUT2D eigenvalue weighted by Crippen LogP contribution is -1.21. The summed E-state index contributed by atoms with van der Waals surface area (Å²) in [4.78, 5) is 0. The normalized spacial score (nSPS) is 4.57. The molecule has 0 heteroatoms. The van der Waals surface area contributed by atoms with E-state index in [0.29, 0.717) is 0 Å². The lowest BCUT2D eigenvalue weighted by Gasteiger charge is -1.44. The third-order valence-corrected chi connectivity index (χ3v) is 0.333. The van der Waals surface area contributed by atoms with Crippen LogP contribution in [0.4, 0.5) is 0 Å². The van der Waals surface area contributed by atoms with Crippen LogP contribution in [0.2, 0.25) is 0 Å². The van der Waals surface area contributed by atoms with Crippen molar-refractivity contribution >= 4 is 0 Å². The summed E-state index contributed by atoms with van der Waals surface area (Å²) in [6.45, 7) is 39.7. The van der Waals surface area contributed by atoms with Crippen LogP contribution in [0.1, 0.15) is 34.6 Å². The zero-order chi connectivity index (χ0) is 20.4. The highest BCUT2D eigenvalue weighted by molar-refractivity contribution is 4.88. The summed E-state index contributed by atoms with van der Waals surface area (Å²) >= 11 is 0. The van der Waals surface area contributed by atoms with Gasteiger partial charge in [0, 0.05) is 0 Å². The van der Waals surface area contributed by atoms with Gasteiger partial charge in [-0.2, -0.15) is 0 Å². The molecule has 0 bridgehead atoms. The maximum Gasteiger partial charge on any atom is -0.0473 e. The van der Waals surface area contributed by atoms with E-state index in [2.05, 4.69) is 59.2 Å². The first-order valence-electron chi connectivity index (χ1n) is 7.23. The second-order valence-corrected chi connectivity index (χ2v) is 2.98. The van der Waals surface area contributed by atoms with E-state index in [-0.39, 0.29) is 0 Å². The van der Waals surface area contributed by atoms with Crippen LogP contribution in [0.5, 0.6) is 0 Å². The van der Waals surface area contributed by atoms with Crippen LogP contribution < -0.4 is 0 Å². The predicted octanol–water partition coefficient (Wildman–Crippen LogP) is 8.68. The molecule has 0 aromatic heterocycles. The van der Waals surface area contributed by atoms with Gasteiger partial charge in [-0.05, 0) is 34.6 Å². The van der Waals surface area contributed by atoms with Gasteiger partial charge in [-0.1, -0.05) is 81.0 Å². The Morgan fingerprint density at radius 3 is 0.348 bits per heavy atom. The smallest absolute Gasteiger partial charge is 0.0473 e. The Labute approximate surface area is 149 Å². The van der Waals surface area contributed by atoms with Crippen molar-refractivity contribution in [1.82, 2.24) is 0 Å². The first-order chi connectivity index (χ1) is 10.9. The molecule has 0 rings (SSSR count). The molecule has 0 amide bonds. The minimum atomic E-state index is 1.64. The van der Waals surface area contributed by atoms with Crippen LogP contribution in [0.25, 0.3) is 0 Å². The number of rotatable bonds is 2. The number of hydrogen-bond donors (Lipinski definition) is 0. The van der Waals surface area contributed by atoms with Gasteiger partial charge in [0.15, 0.2) is 0 Å². The van der Waals surface area contributed by atoms with E-state index in [4.69, 9.17) is 0 Å². The molecular weight excluding hydrogens is 276 g/mol. The number of hydrogen-bond acceptors (Lipinski definition) is 0. The molecule has 0 aliphatic heterocycles. The standard InChI is InChI=1S/2C4H6.5C3H6/c2*1-3-4-2;5*1-3-2/h2*3-4H,1-2H2;5*3H,1H2,2H3. The predicted molar refractivity (Wildman–Crippen MR) is 120 cm³/mol. The Morgan fingerprint density at radius 2 is 0.348 bits per heavy atom. The first kappa shape index (κ1) is 42.8. The molecule has 0 heterocycles. The van der Waals surface area contributed by atoms with E-state index < -0.39 is 0 Å². The van der Waals surface area contributed by atoms with E-state index in [1.165, 1.54) is 0 Å². The minimum Gasteiger partial charge on any atom is -0.103 e. The summed E-state index contributed by atoms with van der Waals surface area (Å²) in [5.74, 6) is 0. The van der Waals surface area contributed by atoms with Crippen molar-refractivity contribution in [1.29, 1.82) is 0 Å². The molecule has 0 saturated carbocycles. The molecule has 0 aliphatic rings. The van der Waals surface area contributed by atoms with Gasteiger partial charge in [-0.15, -0.1) is 32.9 Å². The van der Waals surface area contributed by atoms with Crippen molar-refractivity contribution in [2.45, 2.75) is 34.6 Å². The SMILES string of the molecule is C=CC.C=CC.C=CC.C=CC.C=CC.C=CC=C.C=CC=C. The van der Waals surface area contributed by atoms with Gasteiger partial charge in [0.1, 0.15) is 0 Å². The largest absolute Gasteiger partial charge is 0.103 e. The molecule has 0 aliphatic carbocycles. The average Bonchev–Trinajstić information content (AvgIpc) is 2.51. The maximum absolute atomic E-state index is 3.36. The molecule has 0 radical (unpaired) electrons. The van der Waals surface area contributed by atoms with Gasteiger partial charge in [0.05, 0.1) is 0 Å². The molecule has 0 aromatic rings. The minimum absolute atomic E-state index is 1.64.